The molecular weight excluding hydrogens is 316 g/mol. The zero-order valence-electron chi connectivity index (χ0n) is 13.3. The second-order valence-electron chi connectivity index (χ2n) is 5.11. The minimum Gasteiger partial charge on any atom is -0.462 e. The smallest absolute Gasteiger partial charge is 0.341 e. The van der Waals surface area contributed by atoms with Gasteiger partial charge in [0.25, 0.3) is 6.08 Å². The van der Waals surface area contributed by atoms with Crippen LogP contribution in [0.2, 0.25) is 0 Å². The molecule has 1 heterocycles. The Kier molecular flexibility index (Phi) is 5.95. The van der Waals surface area contributed by atoms with Crippen LogP contribution in [0, 0.1) is 6.92 Å². The highest BCUT2D eigenvalue weighted by molar-refractivity contribution is 5.90. The molecule has 0 radical (unpaired) electrons. The van der Waals surface area contributed by atoms with E-state index in [1.54, 1.807) is 6.92 Å². The van der Waals surface area contributed by atoms with Crippen LogP contribution in [-0.2, 0) is 4.74 Å². The molecule has 0 aliphatic carbocycles. The second kappa shape index (κ2) is 8.14. The fourth-order valence-corrected chi connectivity index (χ4v) is 1.85. The van der Waals surface area contributed by atoms with Gasteiger partial charge in [0.15, 0.2) is 0 Å². The standard InChI is InChI=1S/C17H17F2N3O2/c1-11(15(18)19)8-9-24-16(23)14-10-20-17(21-12(14)2)22-13-6-4-3-5-7-13/h3-7,10H,8-9H2,1-2H3,(H,20,21,22). The molecule has 2 rings (SSSR count). The summed E-state index contributed by atoms with van der Waals surface area (Å²) >= 11 is 0. The van der Waals surface area contributed by atoms with Gasteiger partial charge < -0.3 is 10.1 Å². The highest BCUT2D eigenvalue weighted by atomic mass is 19.3. The maximum Gasteiger partial charge on any atom is 0.341 e. The van der Waals surface area contributed by atoms with Crippen LogP contribution < -0.4 is 5.32 Å². The number of benzene rings is 1. The first kappa shape index (κ1) is 17.5. The number of nitrogens with one attached hydrogen (secondary N) is 1. The van der Waals surface area contributed by atoms with Crippen molar-refractivity contribution >= 4 is 17.6 Å². The van der Waals surface area contributed by atoms with E-state index < -0.39 is 12.0 Å². The average molecular weight is 333 g/mol. The fraction of sp³-hybridized carbons (Fsp3) is 0.235. The average Bonchev–Trinajstić information content (AvgIpc) is 2.55. The van der Waals surface area contributed by atoms with Crippen molar-refractivity contribution < 1.29 is 18.3 Å². The molecule has 0 spiro atoms. The molecule has 0 saturated carbocycles. The number of carbonyl (C=O) groups is 1. The maximum atomic E-state index is 12.3. The van der Waals surface area contributed by atoms with Crippen molar-refractivity contribution in [2.24, 2.45) is 0 Å². The predicted octanol–water partition coefficient (Wildman–Crippen LogP) is 4.25. The van der Waals surface area contributed by atoms with E-state index in [2.05, 4.69) is 15.3 Å². The number of halogens is 2. The van der Waals surface area contributed by atoms with Gasteiger partial charge in [-0.1, -0.05) is 18.2 Å². The lowest BCUT2D eigenvalue weighted by atomic mass is 10.2. The summed E-state index contributed by atoms with van der Waals surface area (Å²) < 4.78 is 29.5. The van der Waals surface area contributed by atoms with Crippen molar-refractivity contribution in [3.63, 3.8) is 0 Å². The molecule has 1 aromatic carbocycles. The zero-order valence-corrected chi connectivity index (χ0v) is 13.3. The lowest BCUT2D eigenvalue weighted by Gasteiger charge is -2.09. The van der Waals surface area contributed by atoms with E-state index in [1.165, 1.54) is 13.1 Å². The number of anilines is 2. The maximum absolute atomic E-state index is 12.3. The summed E-state index contributed by atoms with van der Waals surface area (Å²) in [6.45, 7) is 2.83. The highest BCUT2D eigenvalue weighted by Crippen LogP contribution is 2.15. The summed E-state index contributed by atoms with van der Waals surface area (Å²) in [6, 6.07) is 9.36. The van der Waals surface area contributed by atoms with Crippen molar-refractivity contribution in [1.29, 1.82) is 0 Å². The van der Waals surface area contributed by atoms with Gasteiger partial charge in [-0.25, -0.2) is 14.8 Å². The minimum absolute atomic E-state index is 0.0123. The summed E-state index contributed by atoms with van der Waals surface area (Å²) in [5.74, 6) is -0.278. The van der Waals surface area contributed by atoms with Gasteiger partial charge in [-0.15, -0.1) is 0 Å². The third-order valence-electron chi connectivity index (χ3n) is 3.26. The highest BCUT2D eigenvalue weighted by Gasteiger charge is 2.14. The largest absolute Gasteiger partial charge is 0.462 e. The quantitative estimate of drug-likeness (QED) is 0.801. The topological polar surface area (TPSA) is 64.1 Å². The summed E-state index contributed by atoms with van der Waals surface area (Å²) in [6.07, 6.45) is -0.405. The number of ether oxygens (including phenoxy) is 1. The molecule has 0 amide bonds. The van der Waals surface area contributed by atoms with Crippen LogP contribution >= 0.6 is 0 Å². The molecule has 0 aliphatic rings. The van der Waals surface area contributed by atoms with Crippen LogP contribution in [0.4, 0.5) is 20.4 Å². The van der Waals surface area contributed by atoms with E-state index in [4.69, 9.17) is 4.74 Å². The Morgan fingerprint density at radius 1 is 1.25 bits per heavy atom. The van der Waals surface area contributed by atoms with E-state index in [0.29, 0.717) is 11.6 Å². The third-order valence-corrected chi connectivity index (χ3v) is 3.26. The second-order valence-corrected chi connectivity index (χ2v) is 5.11. The number of rotatable bonds is 6. The van der Waals surface area contributed by atoms with Crippen molar-refractivity contribution in [2.45, 2.75) is 20.3 Å². The van der Waals surface area contributed by atoms with Crippen LogP contribution in [0.15, 0.2) is 48.2 Å². The molecule has 7 heteroatoms. The molecule has 5 nitrogen and oxygen atoms in total. The van der Waals surface area contributed by atoms with Crippen LogP contribution in [0.1, 0.15) is 29.4 Å². The molecule has 0 saturated heterocycles. The molecule has 0 aliphatic heterocycles. The molecule has 0 fully saturated rings. The van der Waals surface area contributed by atoms with Crippen LogP contribution in [0.25, 0.3) is 0 Å². The normalized spacial score (nSPS) is 10.2. The SMILES string of the molecule is CC(CCOC(=O)c1cnc(Nc2ccccc2)nc1C)=C(F)F. The van der Waals surface area contributed by atoms with Gasteiger partial charge in [-0.05, 0) is 31.6 Å². The van der Waals surface area contributed by atoms with Crippen molar-refractivity contribution in [1.82, 2.24) is 9.97 Å². The molecule has 1 N–H and O–H groups in total. The van der Waals surface area contributed by atoms with Gasteiger partial charge in [0, 0.05) is 18.3 Å². The van der Waals surface area contributed by atoms with Gasteiger partial charge in [-0.3, -0.25) is 0 Å². The molecular formula is C17H17F2N3O2. The lowest BCUT2D eigenvalue weighted by Crippen LogP contribution is -2.11. The van der Waals surface area contributed by atoms with Gasteiger partial charge in [0.1, 0.15) is 0 Å². The molecule has 0 bridgehead atoms. The van der Waals surface area contributed by atoms with Crippen LogP contribution in [-0.4, -0.2) is 22.5 Å². The van der Waals surface area contributed by atoms with Crippen LogP contribution in [0.3, 0.4) is 0 Å². The third kappa shape index (κ3) is 4.84. The van der Waals surface area contributed by atoms with E-state index in [9.17, 15) is 13.6 Å². The Bertz CT molecular complexity index is 745. The number of carbonyl (C=O) groups excluding carboxylic acids is 1. The number of hydrogen-bond acceptors (Lipinski definition) is 5. The number of esters is 1. The van der Waals surface area contributed by atoms with Crippen molar-refractivity contribution in [3.8, 4) is 0 Å². The molecule has 126 valence electrons. The monoisotopic (exact) mass is 333 g/mol. The Labute approximate surface area is 138 Å². The van der Waals surface area contributed by atoms with E-state index >= 15 is 0 Å². The van der Waals surface area contributed by atoms with E-state index in [-0.39, 0.29) is 24.2 Å². The summed E-state index contributed by atoms with van der Waals surface area (Å²) in [5.41, 5.74) is 1.37. The molecule has 1 aromatic heterocycles. The Morgan fingerprint density at radius 2 is 1.96 bits per heavy atom. The van der Waals surface area contributed by atoms with Crippen molar-refractivity contribution in [3.05, 3.63) is 59.4 Å². The number of nitrogens with zero attached hydrogens (tertiary/aromatic N) is 2. The van der Waals surface area contributed by atoms with Gasteiger partial charge in [0.2, 0.25) is 5.95 Å². The van der Waals surface area contributed by atoms with Crippen LogP contribution in [0.5, 0.6) is 0 Å². The fourth-order valence-electron chi connectivity index (χ4n) is 1.85. The summed E-state index contributed by atoms with van der Waals surface area (Å²) in [7, 11) is 0. The first-order chi connectivity index (χ1) is 11.5. The van der Waals surface area contributed by atoms with Crippen molar-refractivity contribution in [2.75, 3.05) is 11.9 Å². The lowest BCUT2D eigenvalue weighted by molar-refractivity contribution is 0.0506. The molecule has 2 aromatic rings. The zero-order chi connectivity index (χ0) is 17.5. The first-order valence-electron chi connectivity index (χ1n) is 7.31. The van der Waals surface area contributed by atoms with Gasteiger partial charge in [-0.2, -0.15) is 8.78 Å². The Morgan fingerprint density at radius 3 is 2.58 bits per heavy atom. The number of aryl methyl sites for hydroxylation is 1. The molecule has 24 heavy (non-hydrogen) atoms. The molecule has 0 atom stereocenters. The summed E-state index contributed by atoms with van der Waals surface area (Å²) in [5, 5.41) is 3.02. The number of aromatic nitrogens is 2. The Balaban J connectivity index is 1.99. The van der Waals surface area contributed by atoms with E-state index in [0.717, 1.165) is 5.69 Å². The Hall–Kier alpha value is -2.83. The molecule has 0 unspecified atom stereocenters. The van der Waals surface area contributed by atoms with E-state index in [1.807, 2.05) is 30.3 Å². The first-order valence-corrected chi connectivity index (χ1v) is 7.31. The number of hydrogen-bond donors (Lipinski definition) is 1. The predicted molar refractivity (Wildman–Crippen MR) is 86.3 cm³/mol. The van der Waals surface area contributed by atoms with Gasteiger partial charge >= 0.3 is 5.97 Å². The summed E-state index contributed by atoms with van der Waals surface area (Å²) in [4.78, 5) is 20.2. The minimum atomic E-state index is -1.75. The number of para-hydroxylation sites is 1. The van der Waals surface area contributed by atoms with Gasteiger partial charge in [0.05, 0.1) is 17.9 Å².